The first-order valence-corrected chi connectivity index (χ1v) is 8.56. The molecule has 25 heavy (non-hydrogen) atoms. The van der Waals surface area contributed by atoms with Gasteiger partial charge in [-0.1, -0.05) is 30.3 Å². The van der Waals surface area contributed by atoms with Crippen LogP contribution >= 0.6 is 0 Å². The Morgan fingerprint density at radius 2 is 1.96 bits per heavy atom. The summed E-state index contributed by atoms with van der Waals surface area (Å²) in [4.78, 5) is 16.3. The summed E-state index contributed by atoms with van der Waals surface area (Å²) in [6.07, 6.45) is 0.862. The van der Waals surface area contributed by atoms with Crippen LogP contribution in [0.4, 0.5) is 0 Å². The van der Waals surface area contributed by atoms with E-state index in [-0.39, 0.29) is 11.8 Å². The molecule has 1 atom stereocenters. The minimum Gasteiger partial charge on any atom is -0.489 e. The maximum absolute atomic E-state index is 11.8. The molecule has 0 aliphatic carbocycles. The van der Waals surface area contributed by atoms with E-state index in [1.807, 2.05) is 49.4 Å². The van der Waals surface area contributed by atoms with Gasteiger partial charge in [0.2, 0.25) is 5.91 Å². The Bertz CT molecular complexity index is 919. The molecule has 3 aromatic rings. The number of amides is 1. The number of hydrogen-bond donors (Lipinski definition) is 1. The highest BCUT2D eigenvalue weighted by Crippen LogP contribution is 2.26. The Labute approximate surface area is 146 Å². The predicted octanol–water partition coefficient (Wildman–Crippen LogP) is 3.73. The molecule has 4 heteroatoms. The first kappa shape index (κ1) is 15.6. The molecule has 1 aliphatic rings. The minimum atomic E-state index is -0.0270. The van der Waals surface area contributed by atoms with Crippen LogP contribution in [-0.2, 0) is 11.4 Å². The van der Waals surface area contributed by atoms with Crippen LogP contribution in [0, 0.1) is 6.92 Å². The van der Waals surface area contributed by atoms with Gasteiger partial charge in [0.05, 0.1) is 11.4 Å². The molecule has 1 saturated heterocycles. The summed E-state index contributed by atoms with van der Waals surface area (Å²) in [5.74, 6) is 0.897. The van der Waals surface area contributed by atoms with E-state index >= 15 is 0 Å². The lowest BCUT2D eigenvalue weighted by molar-refractivity contribution is -0.120. The van der Waals surface area contributed by atoms with Crippen LogP contribution in [0.1, 0.15) is 29.2 Å². The Kier molecular flexibility index (Phi) is 4.10. The normalized spacial score (nSPS) is 16.8. The van der Waals surface area contributed by atoms with E-state index in [1.54, 1.807) is 0 Å². The van der Waals surface area contributed by atoms with E-state index in [1.165, 1.54) is 0 Å². The van der Waals surface area contributed by atoms with Gasteiger partial charge in [-0.25, -0.2) is 0 Å². The number of hydrogen-bond acceptors (Lipinski definition) is 3. The van der Waals surface area contributed by atoms with Crippen LogP contribution in [0.3, 0.4) is 0 Å². The fraction of sp³-hybridized carbons (Fsp3) is 0.238. The first-order valence-electron chi connectivity index (χ1n) is 8.56. The van der Waals surface area contributed by atoms with Crippen molar-refractivity contribution in [2.45, 2.75) is 25.9 Å². The third-order valence-corrected chi connectivity index (χ3v) is 4.66. The summed E-state index contributed by atoms with van der Waals surface area (Å²) in [5.41, 5.74) is 4.15. The minimum absolute atomic E-state index is 0.0270. The van der Waals surface area contributed by atoms with Crippen LogP contribution in [0.25, 0.3) is 10.9 Å². The van der Waals surface area contributed by atoms with Gasteiger partial charge in [0.25, 0.3) is 0 Å². The van der Waals surface area contributed by atoms with E-state index in [9.17, 15) is 4.79 Å². The zero-order chi connectivity index (χ0) is 17.2. The number of para-hydroxylation sites is 1. The van der Waals surface area contributed by atoms with E-state index < -0.39 is 0 Å². The van der Waals surface area contributed by atoms with Gasteiger partial charge in [-0.05, 0) is 43.2 Å². The molecule has 1 amide bonds. The number of ether oxygens (including phenoxy) is 1. The summed E-state index contributed by atoms with van der Waals surface area (Å²) in [6.45, 7) is 3.25. The molecule has 4 rings (SSSR count). The molecule has 2 aromatic carbocycles. The second-order valence-corrected chi connectivity index (χ2v) is 6.43. The van der Waals surface area contributed by atoms with Crippen LogP contribution in [-0.4, -0.2) is 17.4 Å². The molecule has 1 N–H and O–H groups in total. The number of aryl methyl sites for hydroxylation is 1. The summed E-state index contributed by atoms with van der Waals surface area (Å²) in [7, 11) is 0. The van der Waals surface area contributed by atoms with Gasteiger partial charge < -0.3 is 10.1 Å². The summed E-state index contributed by atoms with van der Waals surface area (Å²) >= 11 is 0. The molecule has 0 bridgehead atoms. The van der Waals surface area contributed by atoms with Crippen molar-refractivity contribution in [3.8, 4) is 5.75 Å². The van der Waals surface area contributed by atoms with E-state index in [0.717, 1.165) is 46.4 Å². The van der Waals surface area contributed by atoms with Crippen LogP contribution in [0.5, 0.6) is 5.75 Å². The maximum Gasteiger partial charge on any atom is 0.227 e. The highest BCUT2D eigenvalue weighted by atomic mass is 16.5. The number of nitrogens with zero attached hydrogens (tertiary/aromatic N) is 1. The second-order valence-electron chi connectivity index (χ2n) is 6.43. The van der Waals surface area contributed by atoms with Crippen molar-refractivity contribution < 1.29 is 9.53 Å². The first-order chi connectivity index (χ1) is 12.2. The molecule has 1 aliphatic heterocycles. The monoisotopic (exact) mass is 332 g/mol. The van der Waals surface area contributed by atoms with E-state index in [4.69, 9.17) is 4.74 Å². The molecular formula is C21H20N2O2. The van der Waals surface area contributed by atoms with Crippen LogP contribution < -0.4 is 10.1 Å². The van der Waals surface area contributed by atoms with E-state index in [2.05, 4.69) is 22.4 Å². The summed E-state index contributed by atoms with van der Waals surface area (Å²) in [5, 5.41) is 3.99. The lowest BCUT2D eigenvalue weighted by atomic mass is 9.98. The second kappa shape index (κ2) is 6.55. The quantitative estimate of drug-likeness (QED) is 0.792. The Morgan fingerprint density at radius 1 is 1.16 bits per heavy atom. The fourth-order valence-corrected chi connectivity index (χ4v) is 3.38. The smallest absolute Gasteiger partial charge is 0.227 e. The molecule has 0 radical (unpaired) electrons. The van der Waals surface area contributed by atoms with Crippen molar-refractivity contribution in [1.29, 1.82) is 0 Å². The number of aromatic nitrogens is 1. The van der Waals surface area contributed by atoms with Crippen molar-refractivity contribution in [2.75, 3.05) is 6.54 Å². The number of pyridine rings is 1. The predicted molar refractivity (Wildman–Crippen MR) is 97.6 cm³/mol. The molecule has 0 saturated carbocycles. The van der Waals surface area contributed by atoms with Gasteiger partial charge in [0.15, 0.2) is 0 Å². The fourth-order valence-electron chi connectivity index (χ4n) is 3.38. The average Bonchev–Trinajstić information content (AvgIpc) is 3.06. The van der Waals surface area contributed by atoms with Crippen molar-refractivity contribution in [3.05, 3.63) is 71.4 Å². The van der Waals surface area contributed by atoms with Crippen LogP contribution in [0.15, 0.2) is 54.6 Å². The lowest BCUT2D eigenvalue weighted by Crippen LogP contribution is -2.17. The standard InChI is InChI=1S/C21H20N2O2/c1-14-12-16(18-4-2-3-5-20(18)23-14)13-25-17-8-6-15(7-9-17)19-10-11-22-21(19)24/h2-9,12,19H,10-11,13H2,1H3,(H,22,24). The largest absolute Gasteiger partial charge is 0.489 e. The number of carbonyl (C=O) groups is 1. The van der Waals surface area contributed by atoms with Crippen molar-refractivity contribution in [2.24, 2.45) is 0 Å². The van der Waals surface area contributed by atoms with Gasteiger partial charge in [-0.15, -0.1) is 0 Å². The molecule has 4 nitrogen and oxygen atoms in total. The lowest BCUT2D eigenvalue weighted by Gasteiger charge is -2.11. The topological polar surface area (TPSA) is 51.2 Å². The highest BCUT2D eigenvalue weighted by molar-refractivity contribution is 5.85. The maximum atomic E-state index is 11.8. The van der Waals surface area contributed by atoms with Gasteiger partial charge in [-0.2, -0.15) is 0 Å². The molecule has 126 valence electrons. The summed E-state index contributed by atoms with van der Waals surface area (Å²) in [6, 6.07) is 18.0. The van der Waals surface area contributed by atoms with Gasteiger partial charge >= 0.3 is 0 Å². The van der Waals surface area contributed by atoms with Crippen molar-refractivity contribution in [3.63, 3.8) is 0 Å². The Hall–Kier alpha value is -2.88. The SMILES string of the molecule is Cc1cc(COc2ccc(C3CCNC3=O)cc2)c2ccccc2n1. The third kappa shape index (κ3) is 3.20. The summed E-state index contributed by atoms with van der Waals surface area (Å²) < 4.78 is 5.97. The molecule has 1 unspecified atom stereocenters. The number of carbonyl (C=O) groups excluding carboxylic acids is 1. The molecule has 0 spiro atoms. The van der Waals surface area contributed by atoms with E-state index in [0.29, 0.717) is 6.61 Å². The number of benzene rings is 2. The number of nitrogens with one attached hydrogen (secondary N) is 1. The molecule has 1 aromatic heterocycles. The number of rotatable bonds is 4. The molecule has 2 heterocycles. The third-order valence-electron chi connectivity index (χ3n) is 4.66. The Morgan fingerprint density at radius 3 is 2.72 bits per heavy atom. The van der Waals surface area contributed by atoms with Crippen molar-refractivity contribution >= 4 is 16.8 Å². The van der Waals surface area contributed by atoms with Gasteiger partial charge in [0, 0.05) is 23.2 Å². The molecular weight excluding hydrogens is 312 g/mol. The van der Waals surface area contributed by atoms with Gasteiger partial charge in [-0.3, -0.25) is 9.78 Å². The average molecular weight is 332 g/mol. The Balaban J connectivity index is 1.51. The van der Waals surface area contributed by atoms with Gasteiger partial charge in [0.1, 0.15) is 12.4 Å². The van der Waals surface area contributed by atoms with Crippen LogP contribution in [0.2, 0.25) is 0 Å². The van der Waals surface area contributed by atoms with Crippen molar-refractivity contribution in [1.82, 2.24) is 10.3 Å². The zero-order valence-electron chi connectivity index (χ0n) is 14.2. The molecule has 1 fully saturated rings. The highest BCUT2D eigenvalue weighted by Gasteiger charge is 2.25. The zero-order valence-corrected chi connectivity index (χ0v) is 14.2. The number of fused-ring (bicyclic) bond motifs is 1.